The van der Waals surface area contributed by atoms with Crippen molar-refractivity contribution in [1.82, 2.24) is 4.90 Å². The Morgan fingerprint density at radius 2 is 1.77 bits per heavy atom. The van der Waals surface area contributed by atoms with Gasteiger partial charge in [-0.05, 0) is 46.7 Å². The molecule has 1 nitrogen and oxygen atoms in total. The van der Waals surface area contributed by atoms with Crippen LogP contribution in [0.3, 0.4) is 0 Å². The first-order valence-electron chi connectivity index (χ1n) is 5.46. The molecule has 0 heterocycles. The van der Waals surface area contributed by atoms with E-state index in [2.05, 4.69) is 32.6 Å². The summed E-state index contributed by atoms with van der Waals surface area (Å²) in [5.41, 5.74) is 0. The standard InChI is InChI=1S/C11H24ClN/c1-5-6-8-13(10(2)3)9-7-11(4)12/h10-11H,5-9H2,1-4H3. The Balaban J connectivity index is 3.67. The Morgan fingerprint density at radius 1 is 1.15 bits per heavy atom. The van der Waals surface area contributed by atoms with E-state index < -0.39 is 0 Å². The van der Waals surface area contributed by atoms with Crippen LogP contribution < -0.4 is 0 Å². The summed E-state index contributed by atoms with van der Waals surface area (Å²) in [5.74, 6) is 0. The van der Waals surface area contributed by atoms with Gasteiger partial charge < -0.3 is 4.90 Å². The van der Waals surface area contributed by atoms with Crippen LogP contribution in [0.15, 0.2) is 0 Å². The molecule has 1 unspecified atom stereocenters. The van der Waals surface area contributed by atoms with Gasteiger partial charge in [0.15, 0.2) is 0 Å². The highest BCUT2D eigenvalue weighted by Crippen LogP contribution is 2.07. The number of hydrogen-bond acceptors (Lipinski definition) is 1. The summed E-state index contributed by atoms with van der Waals surface area (Å²) in [4.78, 5) is 2.52. The summed E-state index contributed by atoms with van der Waals surface area (Å²) in [6.45, 7) is 11.2. The van der Waals surface area contributed by atoms with E-state index in [0.717, 1.165) is 13.0 Å². The third kappa shape index (κ3) is 7.33. The number of hydrogen-bond donors (Lipinski definition) is 0. The molecule has 0 saturated carbocycles. The molecule has 0 aromatic carbocycles. The number of unbranched alkanes of at least 4 members (excludes halogenated alkanes) is 1. The van der Waals surface area contributed by atoms with Crippen molar-refractivity contribution in [3.8, 4) is 0 Å². The van der Waals surface area contributed by atoms with Crippen molar-refractivity contribution < 1.29 is 0 Å². The average Bonchev–Trinajstić information content (AvgIpc) is 2.03. The monoisotopic (exact) mass is 205 g/mol. The molecule has 0 bridgehead atoms. The molecule has 2 heteroatoms. The van der Waals surface area contributed by atoms with Crippen molar-refractivity contribution in [2.75, 3.05) is 13.1 Å². The molecule has 0 rings (SSSR count). The Bertz CT molecular complexity index is 113. The largest absolute Gasteiger partial charge is 0.301 e. The van der Waals surface area contributed by atoms with Gasteiger partial charge in [0.2, 0.25) is 0 Å². The van der Waals surface area contributed by atoms with E-state index in [1.165, 1.54) is 19.4 Å². The van der Waals surface area contributed by atoms with E-state index in [1.807, 2.05) is 0 Å². The highest BCUT2D eigenvalue weighted by Gasteiger charge is 2.09. The highest BCUT2D eigenvalue weighted by atomic mass is 35.5. The van der Waals surface area contributed by atoms with Gasteiger partial charge in [0.05, 0.1) is 0 Å². The van der Waals surface area contributed by atoms with Crippen molar-refractivity contribution in [2.45, 2.75) is 58.4 Å². The van der Waals surface area contributed by atoms with Crippen LogP contribution in [-0.4, -0.2) is 29.4 Å². The van der Waals surface area contributed by atoms with Crippen LogP contribution in [0.5, 0.6) is 0 Å². The smallest absolute Gasteiger partial charge is 0.0320 e. The lowest BCUT2D eigenvalue weighted by Crippen LogP contribution is -2.33. The molecule has 0 fully saturated rings. The van der Waals surface area contributed by atoms with Crippen molar-refractivity contribution in [2.24, 2.45) is 0 Å². The van der Waals surface area contributed by atoms with Crippen LogP contribution in [0.25, 0.3) is 0 Å². The van der Waals surface area contributed by atoms with Crippen molar-refractivity contribution >= 4 is 11.6 Å². The van der Waals surface area contributed by atoms with E-state index >= 15 is 0 Å². The molecule has 0 amide bonds. The summed E-state index contributed by atoms with van der Waals surface area (Å²) in [6, 6.07) is 0.655. The second-order valence-electron chi connectivity index (χ2n) is 4.05. The number of nitrogens with zero attached hydrogens (tertiary/aromatic N) is 1. The Morgan fingerprint density at radius 3 is 2.15 bits per heavy atom. The van der Waals surface area contributed by atoms with Gasteiger partial charge in [-0.2, -0.15) is 0 Å². The zero-order chi connectivity index (χ0) is 10.3. The molecule has 0 aliphatic heterocycles. The molecule has 0 saturated heterocycles. The second kappa shape index (κ2) is 7.64. The highest BCUT2D eigenvalue weighted by molar-refractivity contribution is 6.20. The van der Waals surface area contributed by atoms with Gasteiger partial charge in [-0.25, -0.2) is 0 Å². The van der Waals surface area contributed by atoms with Crippen LogP contribution in [0.4, 0.5) is 0 Å². The maximum atomic E-state index is 5.93. The fourth-order valence-corrected chi connectivity index (χ4v) is 1.43. The second-order valence-corrected chi connectivity index (χ2v) is 4.80. The predicted molar refractivity (Wildman–Crippen MR) is 61.5 cm³/mol. The first-order valence-corrected chi connectivity index (χ1v) is 5.89. The van der Waals surface area contributed by atoms with E-state index in [-0.39, 0.29) is 0 Å². The molecule has 0 spiro atoms. The van der Waals surface area contributed by atoms with Crippen LogP contribution in [0, 0.1) is 0 Å². The SMILES string of the molecule is CCCCN(CCC(C)Cl)C(C)C. The average molecular weight is 206 g/mol. The third-order valence-corrected chi connectivity index (χ3v) is 2.56. The van der Waals surface area contributed by atoms with E-state index in [1.54, 1.807) is 0 Å². The van der Waals surface area contributed by atoms with Crippen molar-refractivity contribution in [3.63, 3.8) is 0 Å². The first-order chi connectivity index (χ1) is 6.07. The molecule has 13 heavy (non-hydrogen) atoms. The molecule has 0 aromatic heterocycles. The lowest BCUT2D eigenvalue weighted by molar-refractivity contribution is 0.216. The summed E-state index contributed by atoms with van der Waals surface area (Å²) in [5, 5.41) is 0.308. The fourth-order valence-electron chi connectivity index (χ4n) is 1.33. The minimum atomic E-state index is 0.308. The summed E-state index contributed by atoms with van der Waals surface area (Å²) >= 11 is 5.93. The topological polar surface area (TPSA) is 3.24 Å². The normalized spacial score (nSPS) is 14.1. The molecular weight excluding hydrogens is 182 g/mol. The summed E-state index contributed by atoms with van der Waals surface area (Å²) in [7, 11) is 0. The van der Waals surface area contributed by atoms with Gasteiger partial charge in [-0.3, -0.25) is 0 Å². The molecule has 1 atom stereocenters. The van der Waals surface area contributed by atoms with Crippen LogP contribution in [-0.2, 0) is 0 Å². The Labute approximate surface area is 88.5 Å². The molecule has 0 aliphatic rings. The maximum Gasteiger partial charge on any atom is 0.0320 e. The lowest BCUT2D eigenvalue weighted by atomic mass is 10.2. The Kier molecular flexibility index (Phi) is 7.78. The number of halogens is 1. The fraction of sp³-hybridized carbons (Fsp3) is 1.00. The lowest BCUT2D eigenvalue weighted by Gasteiger charge is -2.26. The summed E-state index contributed by atoms with van der Waals surface area (Å²) < 4.78 is 0. The molecule has 0 N–H and O–H groups in total. The van der Waals surface area contributed by atoms with E-state index in [0.29, 0.717) is 11.4 Å². The van der Waals surface area contributed by atoms with Gasteiger partial charge in [-0.15, -0.1) is 11.6 Å². The van der Waals surface area contributed by atoms with Gasteiger partial charge in [-0.1, -0.05) is 13.3 Å². The van der Waals surface area contributed by atoms with E-state index in [4.69, 9.17) is 11.6 Å². The van der Waals surface area contributed by atoms with Crippen molar-refractivity contribution in [1.29, 1.82) is 0 Å². The van der Waals surface area contributed by atoms with Gasteiger partial charge in [0.25, 0.3) is 0 Å². The quantitative estimate of drug-likeness (QED) is 0.575. The predicted octanol–water partition coefficient (Wildman–Crippen LogP) is 3.51. The zero-order valence-corrected chi connectivity index (χ0v) is 10.3. The minimum absolute atomic E-state index is 0.308. The number of alkyl halides is 1. The minimum Gasteiger partial charge on any atom is -0.301 e. The van der Waals surface area contributed by atoms with Crippen LogP contribution in [0.2, 0.25) is 0 Å². The number of rotatable bonds is 7. The molecular formula is C11H24ClN. The Hall–Kier alpha value is 0.250. The molecule has 0 radical (unpaired) electrons. The summed E-state index contributed by atoms with van der Waals surface area (Å²) in [6.07, 6.45) is 3.68. The van der Waals surface area contributed by atoms with Gasteiger partial charge >= 0.3 is 0 Å². The van der Waals surface area contributed by atoms with Crippen LogP contribution in [0.1, 0.15) is 47.0 Å². The molecule has 0 aliphatic carbocycles. The van der Waals surface area contributed by atoms with Gasteiger partial charge in [0, 0.05) is 11.4 Å². The van der Waals surface area contributed by atoms with Gasteiger partial charge in [0.1, 0.15) is 0 Å². The van der Waals surface area contributed by atoms with E-state index in [9.17, 15) is 0 Å². The van der Waals surface area contributed by atoms with Crippen molar-refractivity contribution in [3.05, 3.63) is 0 Å². The first kappa shape index (κ1) is 13.2. The zero-order valence-electron chi connectivity index (χ0n) is 9.52. The van der Waals surface area contributed by atoms with Crippen LogP contribution >= 0.6 is 11.6 Å². The molecule has 80 valence electrons. The third-order valence-electron chi connectivity index (χ3n) is 2.34. The maximum absolute atomic E-state index is 5.93. The molecule has 0 aromatic rings.